The van der Waals surface area contributed by atoms with Gasteiger partial charge in [-0.1, -0.05) is 12.5 Å². The number of rotatable bonds is 4. The van der Waals surface area contributed by atoms with Crippen molar-refractivity contribution in [3.63, 3.8) is 0 Å². The molecule has 1 fully saturated rings. The van der Waals surface area contributed by atoms with Crippen LogP contribution in [0.3, 0.4) is 0 Å². The number of amides is 2. The van der Waals surface area contributed by atoms with E-state index in [1.165, 1.54) is 19.3 Å². The van der Waals surface area contributed by atoms with Crippen LogP contribution in [-0.4, -0.2) is 29.5 Å². The third kappa shape index (κ3) is 3.00. The number of nitrogens with one attached hydrogen (secondary N) is 1. The number of hydrogen-bond acceptors (Lipinski definition) is 2. The molecule has 0 aliphatic heterocycles. The van der Waals surface area contributed by atoms with Crippen LogP contribution in [-0.2, 0) is 0 Å². The summed E-state index contributed by atoms with van der Waals surface area (Å²) in [6, 6.07) is 5.75. The van der Waals surface area contributed by atoms with E-state index in [1.807, 2.05) is 32.2 Å². The molecule has 1 atom stereocenters. The summed E-state index contributed by atoms with van der Waals surface area (Å²) in [6.45, 7) is 2.80. The fourth-order valence-corrected chi connectivity index (χ4v) is 2.05. The van der Waals surface area contributed by atoms with Gasteiger partial charge in [0.15, 0.2) is 0 Å². The first-order valence-electron chi connectivity index (χ1n) is 6.60. The Morgan fingerprint density at radius 3 is 2.89 bits per heavy atom. The molecule has 98 valence electrons. The Labute approximate surface area is 108 Å². The van der Waals surface area contributed by atoms with Gasteiger partial charge in [0.05, 0.1) is 11.7 Å². The van der Waals surface area contributed by atoms with E-state index in [2.05, 4.69) is 10.3 Å². The van der Waals surface area contributed by atoms with E-state index in [4.69, 9.17) is 0 Å². The van der Waals surface area contributed by atoms with Crippen LogP contribution >= 0.6 is 0 Å². The highest BCUT2D eigenvalue weighted by molar-refractivity contribution is 5.74. The number of hydrogen-bond donors (Lipinski definition) is 1. The van der Waals surface area contributed by atoms with Gasteiger partial charge in [-0.25, -0.2) is 4.79 Å². The van der Waals surface area contributed by atoms with Crippen molar-refractivity contribution in [2.75, 3.05) is 13.6 Å². The Morgan fingerprint density at radius 1 is 1.56 bits per heavy atom. The average molecular weight is 247 g/mol. The number of carbonyl (C=O) groups excluding carboxylic acids is 1. The summed E-state index contributed by atoms with van der Waals surface area (Å²) in [5, 5.41) is 2.99. The molecule has 0 unspecified atom stereocenters. The van der Waals surface area contributed by atoms with Crippen molar-refractivity contribution in [1.29, 1.82) is 0 Å². The molecule has 1 aromatic rings. The summed E-state index contributed by atoms with van der Waals surface area (Å²) in [5.41, 5.74) is 0.916. The molecule has 2 amide bonds. The lowest BCUT2D eigenvalue weighted by Crippen LogP contribution is -2.41. The summed E-state index contributed by atoms with van der Waals surface area (Å²) in [6.07, 6.45) is 5.56. The van der Waals surface area contributed by atoms with Gasteiger partial charge in [0.2, 0.25) is 0 Å². The van der Waals surface area contributed by atoms with Gasteiger partial charge in [-0.15, -0.1) is 0 Å². The predicted octanol–water partition coefficient (Wildman–Crippen LogP) is 2.58. The second-order valence-electron chi connectivity index (χ2n) is 5.02. The minimum absolute atomic E-state index is 0.00686. The van der Waals surface area contributed by atoms with Crippen molar-refractivity contribution >= 4 is 6.03 Å². The first kappa shape index (κ1) is 12.9. The van der Waals surface area contributed by atoms with Crippen LogP contribution in [0.2, 0.25) is 0 Å². The molecule has 4 heteroatoms. The first-order valence-corrected chi connectivity index (χ1v) is 6.60. The van der Waals surface area contributed by atoms with E-state index in [1.54, 1.807) is 11.1 Å². The molecule has 18 heavy (non-hydrogen) atoms. The first-order chi connectivity index (χ1) is 8.68. The zero-order chi connectivity index (χ0) is 13.0. The quantitative estimate of drug-likeness (QED) is 0.888. The highest BCUT2D eigenvalue weighted by Crippen LogP contribution is 2.25. The molecule has 1 aliphatic carbocycles. The molecule has 0 saturated heterocycles. The highest BCUT2D eigenvalue weighted by Gasteiger charge is 2.21. The predicted molar refractivity (Wildman–Crippen MR) is 71.2 cm³/mol. The van der Waals surface area contributed by atoms with Crippen LogP contribution < -0.4 is 5.32 Å². The number of pyridine rings is 1. The van der Waals surface area contributed by atoms with Gasteiger partial charge in [-0.2, -0.15) is 0 Å². The maximum Gasteiger partial charge on any atom is 0.317 e. The van der Waals surface area contributed by atoms with Gasteiger partial charge in [0.25, 0.3) is 0 Å². The van der Waals surface area contributed by atoms with Crippen LogP contribution in [0.4, 0.5) is 4.79 Å². The van der Waals surface area contributed by atoms with Crippen LogP contribution in [0.1, 0.15) is 37.9 Å². The van der Waals surface area contributed by atoms with Crippen molar-refractivity contribution in [3.8, 4) is 0 Å². The van der Waals surface area contributed by atoms with Crippen LogP contribution in [0.15, 0.2) is 24.4 Å². The van der Waals surface area contributed by atoms with Gasteiger partial charge < -0.3 is 10.2 Å². The lowest BCUT2D eigenvalue weighted by molar-refractivity contribution is 0.187. The summed E-state index contributed by atoms with van der Waals surface area (Å²) in [4.78, 5) is 18.0. The molecule has 1 aliphatic rings. The minimum Gasteiger partial charge on any atom is -0.338 e. The fourth-order valence-electron chi connectivity index (χ4n) is 2.05. The zero-order valence-corrected chi connectivity index (χ0v) is 11.1. The van der Waals surface area contributed by atoms with Gasteiger partial charge >= 0.3 is 6.03 Å². The number of carbonyl (C=O) groups is 1. The van der Waals surface area contributed by atoms with Crippen molar-refractivity contribution in [1.82, 2.24) is 15.2 Å². The fraction of sp³-hybridized carbons (Fsp3) is 0.571. The monoisotopic (exact) mass is 247 g/mol. The third-order valence-corrected chi connectivity index (χ3v) is 3.78. The summed E-state index contributed by atoms with van der Waals surface area (Å²) in [7, 11) is 1.81. The summed E-state index contributed by atoms with van der Waals surface area (Å²) >= 11 is 0. The smallest absolute Gasteiger partial charge is 0.317 e. The standard InChI is InChI=1S/C14H21N3O/c1-11(13-8-3-4-9-15-13)17(2)14(18)16-10-12-6-5-7-12/h3-4,8-9,11-12H,5-7,10H2,1-2H3,(H,16,18)/t11-/m1/s1. The van der Waals surface area contributed by atoms with E-state index < -0.39 is 0 Å². The Hall–Kier alpha value is -1.58. The lowest BCUT2D eigenvalue weighted by Gasteiger charge is -2.29. The van der Waals surface area contributed by atoms with E-state index in [9.17, 15) is 4.79 Å². The average Bonchev–Trinajstić information content (AvgIpc) is 2.36. The third-order valence-electron chi connectivity index (χ3n) is 3.78. The second kappa shape index (κ2) is 5.85. The van der Waals surface area contributed by atoms with Gasteiger partial charge in [-0.3, -0.25) is 4.98 Å². The van der Waals surface area contributed by atoms with E-state index >= 15 is 0 Å². The van der Waals surface area contributed by atoms with Gasteiger partial charge in [0, 0.05) is 19.8 Å². The number of nitrogens with zero attached hydrogens (tertiary/aromatic N) is 2. The topological polar surface area (TPSA) is 45.2 Å². The van der Waals surface area contributed by atoms with Gasteiger partial charge in [-0.05, 0) is 37.8 Å². The maximum atomic E-state index is 12.0. The molecule has 0 spiro atoms. The molecule has 0 bridgehead atoms. The minimum atomic E-state index is -0.0138. The molecular formula is C14H21N3O. The summed E-state index contributed by atoms with van der Waals surface area (Å²) < 4.78 is 0. The SMILES string of the molecule is C[C@H](c1ccccn1)N(C)C(=O)NCC1CCC1. The highest BCUT2D eigenvalue weighted by atomic mass is 16.2. The summed E-state index contributed by atoms with van der Waals surface area (Å²) in [5.74, 6) is 0.688. The van der Waals surface area contributed by atoms with E-state index in [0.29, 0.717) is 5.92 Å². The van der Waals surface area contributed by atoms with Crippen molar-refractivity contribution in [3.05, 3.63) is 30.1 Å². The second-order valence-corrected chi connectivity index (χ2v) is 5.02. The van der Waals surface area contributed by atoms with Crippen LogP contribution in [0, 0.1) is 5.92 Å². The molecule has 2 rings (SSSR count). The molecule has 1 heterocycles. The number of urea groups is 1. The maximum absolute atomic E-state index is 12.0. The zero-order valence-electron chi connectivity index (χ0n) is 11.1. The largest absolute Gasteiger partial charge is 0.338 e. The molecule has 1 saturated carbocycles. The van der Waals surface area contributed by atoms with Crippen molar-refractivity contribution in [2.45, 2.75) is 32.2 Å². The van der Waals surface area contributed by atoms with Crippen molar-refractivity contribution in [2.24, 2.45) is 5.92 Å². The van der Waals surface area contributed by atoms with Crippen LogP contribution in [0.5, 0.6) is 0 Å². The Kier molecular flexibility index (Phi) is 4.18. The normalized spacial score (nSPS) is 16.8. The van der Waals surface area contributed by atoms with Crippen molar-refractivity contribution < 1.29 is 4.79 Å². The Balaban J connectivity index is 1.85. The van der Waals surface area contributed by atoms with E-state index in [0.717, 1.165) is 12.2 Å². The number of aromatic nitrogens is 1. The van der Waals surface area contributed by atoms with Crippen LogP contribution in [0.25, 0.3) is 0 Å². The molecule has 0 aromatic carbocycles. The van der Waals surface area contributed by atoms with Gasteiger partial charge in [0.1, 0.15) is 0 Å². The Bertz CT molecular complexity index is 389. The van der Waals surface area contributed by atoms with E-state index in [-0.39, 0.29) is 12.1 Å². The Morgan fingerprint density at radius 2 is 2.33 bits per heavy atom. The molecule has 0 radical (unpaired) electrons. The lowest BCUT2D eigenvalue weighted by atomic mass is 9.85. The molecule has 4 nitrogen and oxygen atoms in total. The molecule has 1 N–H and O–H groups in total. The molecular weight excluding hydrogens is 226 g/mol. The molecule has 1 aromatic heterocycles.